The van der Waals surface area contributed by atoms with Crippen LogP contribution in [0.3, 0.4) is 0 Å². The third-order valence-corrected chi connectivity index (χ3v) is 5.45. The quantitative estimate of drug-likeness (QED) is 0.633. The van der Waals surface area contributed by atoms with Crippen molar-refractivity contribution in [3.63, 3.8) is 0 Å². The van der Waals surface area contributed by atoms with E-state index in [9.17, 15) is 17.6 Å². The highest BCUT2D eigenvalue weighted by atomic mass is 32.2. The molecule has 1 heterocycles. The van der Waals surface area contributed by atoms with Gasteiger partial charge in [-0.1, -0.05) is 12.1 Å². The lowest BCUT2D eigenvalue weighted by Gasteiger charge is -2.18. The molecule has 9 heteroatoms. The van der Waals surface area contributed by atoms with Gasteiger partial charge in [0.05, 0.1) is 17.9 Å². The third-order valence-electron chi connectivity index (χ3n) is 3.72. The van der Waals surface area contributed by atoms with Gasteiger partial charge in [0.25, 0.3) is 5.91 Å². The van der Waals surface area contributed by atoms with Crippen LogP contribution in [0, 0.1) is 5.82 Å². The van der Waals surface area contributed by atoms with E-state index in [1.54, 1.807) is 0 Å². The van der Waals surface area contributed by atoms with Crippen LogP contribution in [0.15, 0.2) is 42.6 Å². The van der Waals surface area contributed by atoms with E-state index >= 15 is 0 Å². The molecule has 0 saturated carbocycles. The maximum Gasteiger partial charge on any atom is 0.266 e. The molecule has 0 radical (unpaired) electrons. The molecule has 2 rings (SSSR count). The van der Waals surface area contributed by atoms with Crippen molar-refractivity contribution in [2.75, 3.05) is 6.61 Å². The number of carbonyl (C=O) groups is 1. The molecule has 1 aromatic heterocycles. The van der Waals surface area contributed by atoms with Crippen LogP contribution in [-0.4, -0.2) is 36.1 Å². The Morgan fingerprint density at radius 2 is 1.85 bits per heavy atom. The summed E-state index contributed by atoms with van der Waals surface area (Å²) in [4.78, 5) is 16.1. The summed E-state index contributed by atoms with van der Waals surface area (Å²) in [5.41, 5.74) is 0.677. The number of rotatable bonds is 8. The van der Waals surface area contributed by atoms with Crippen molar-refractivity contribution in [3.8, 4) is 0 Å². The lowest BCUT2D eigenvalue weighted by atomic mass is 10.1. The van der Waals surface area contributed by atoms with E-state index in [0.29, 0.717) is 11.3 Å². The first-order valence-corrected chi connectivity index (χ1v) is 9.40. The minimum absolute atomic E-state index is 0.0192. The number of pyridine rings is 1. The van der Waals surface area contributed by atoms with Gasteiger partial charge in [0.15, 0.2) is 0 Å². The van der Waals surface area contributed by atoms with Crippen LogP contribution < -0.4 is 4.72 Å². The SMILES string of the molecule is O=C(NS(=O)(=O)C(CCCO)c1ccc(F)cc1)c1ccc(CO)nc1. The second-order valence-corrected chi connectivity index (χ2v) is 7.44. The summed E-state index contributed by atoms with van der Waals surface area (Å²) >= 11 is 0. The second kappa shape index (κ2) is 8.84. The van der Waals surface area contributed by atoms with E-state index < -0.39 is 27.0 Å². The number of nitrogens with zero attached hydrogens (tertiary/aromatic N) is 1. The summed E-state index contributed by atoms with van der Waals surface area (Å²) in [5.74, 6) is -1.37. The summed E-state index contributed by atoms with van der Waals surface area (Å²) in [6, 6.07) is 7.69. The average molecular weight is 382 g/mol. The number of halogens is 1. The van der Waals surface area contributed by atoms with Crippen LogP contribution in [0.5, 0.6) is 0 Å². The van der Waals surface area contributed by atoms with Gasteiger partial charge in [0.1, 0.15) is 11.1 Å². The molecule has 0 saturated heterocycles. The first kappa shape index (κ1) is 20.0. The van der Waals surface area contributed by atoms with Crippen molar-refractivity contribution < 1.29 is 27.8 Å². The Morgan fingerprint density at radius 3 is 2.38 bits per heavy atom. The summed E-state index contributed by atoms with van der Waals surface area (Å²) in [7, 11) is -4.13. The van der Waals surface area contributed by atoms with Crippen LogP contribution in [0.25, 0.3) is 0 Å². The minimum atomic E-state index is -4.13. The highest BCUT2D eigenvalue weighted by Crippen LogP contribution is 2.27. The predicted octanol–water partition coefficient (Wildman–Crippen LogP) is 1.29. The van der Waals surface area contributed by atoms with Crippen molar-refractivity contribution in [2.45, 2.75) is 24.7 Å². The molecular formula is C17H19FN2O5S. The molecule has 0 aliphatic heterocycles. The van der Waals surface area contributed by atoms with E-state index in [1.807, 2.05) is 4.72 Å². The predicted molar refractivity (Wildman–Crippen MR) is 92.0 cm³/mol. The van der Waals surface area contributed by atoms with Crippen LogP contribution in [0.4, 0.5) is 4.39 Å². The smallest absolute Gasteiger partial charge is 0.266 e. The summed E-state index contributed by atoms with van der Waals surface area (Å²) < 4.78 is 40.4. The van der Waals surface area contributed by atoms with Crippen molar-refractivity contribution >= 4 is 15.9 Å². The molecule has 0 spiro atoms. The molecular weight excluding hydrogens is 363 g/mol. The van der Waals surface area contributed by atoms with Gasteiger partial charge >= 0.3 is 0 Å². The summed E-state index contributed by atoms with van der Waals surface area (Å²) in [5, 5.41) is 16.8. The number of aliphatic hydroxyl groups excluding tert-OH is 2. The van der Waals surface area contributed by atoms with Gasteiger partial charge < -0.3 is 10.2 Å². The lowest BCUT2D eigenvalue weighted by Crippen LogP contribution is -2.34. The number of sulfonamides is 1. The normalized spacial score (nSPS) is 12.6. The molecule has 0 aliphatic carbocycles. The number of hydrogen-bond donors (Lipinski definition) is 3. The zero-order valence-corrected chi connectivity index (χ0v) is 14.6. The van der Waals surface area contributed by atoms with Gasteiger partial charge in [-0.15, -0.1) is 0 Å². The highest BCUT2D eigenvalue weighted by molar-refractivity contribution is 7.90. The van der Waals surface area contributed by atoms with Crippen LogP contribution in [0.2, 0.25) is 0 Å². The van der Waals surface area contributed by atoms with Crippen molar-refractivity contribution in [1.29, 1.82) is 0 Å². The third kappa shape index (κ3) is 5.07. The maximum absolute atomic E-state index is 13.1. The molecule has 2 aromatic rings. The number of benzene rings is 1. The highest BCUT2D eigenvalue weighted by Gasteiger charge is 2.29. The molecule has 3 N–H and O–H groups in total. The van der Waals surface area contributed by atoms with E-state index in [-0.39, 0.29) is 31.6 Å². The minimum Gasteiger partial charge on any atom is -0.396 e. The van der Waals surface area contributed by atoms with Gasteiger partial charge in [-0.25, -0.2) is 17.5 Å². The number of hydrogen-bond acceptors (Lipinski definition) is 6. The van der Waals surface area contributed by atoms with Crippen molar-refractivity contribution in [1.82, 2.24) is 9.71 Å². The van der Waals surface area contributed by atoms with Gasteiger partial charge in [-0.2, -0.15) is 0 Å². The number of aromatic nitrogens is 1. The molecule has 1 amide bonds. The zero-order valence-electron chi connectivity index (χ0n) is 13.8. The van der Waals surface area contributed by atoms with Crippen LogP contribution >= 0.6 is 0 Å². The molecule has 0 fully saturated rings. The van der Waals surface area contributed by atoms with Gasteiger partial charge in [-0.3, -0.25) is 9.78 Å². The first-order chi connectivity index (χ1) is 12.4. The zero-order chi connectivity index (χ0) is 19.2. The number of amides is 1. The largest absolute Gasteiger partial charge is 0.396 e. The Balaban J connectivity index is 2.24. The van der Waals surface area contributed by atoms with Gasteiger partial charge in [0.2, 0.25) is 10.0 Å². The fraction of sp³-hybridized carbons (Fsp3) is 0.294. The fourth-order valence-corrected chi connectivity index (χ4v) is 3.88. The van der Waals surface area contributed by atoms with E-state index in [2.05, 4.69) is 4.98 Å². The number of aliphatic hydroxyl groups is 2. The molecule has 0 aliphatic rings. The molecule has 26 heavy (non-hydrogen) atoms. The van der Waals surface area contributed by atoms with E-state index in [0.717, 1.165) is 18.3 Å². The van der Waals surface area contributed by atoms with E-state index in [4.69, 9.17) is 10.2 Å². The summed E-state index contributed by atoms with van der Waals surface area (Å²) in [6.45, 7) is -0.512. The molecule has 1 aromatic carbocycles. The molecule has 7 nitrogen and oxygen atoms in total. The fourth-order valence-electron chi connectivity index (χ4n) is 2.37. The molecule has 0 bridgehead atoms. The molecule has 1 atom stereocenters. The summed E-state index contributed by atoms with van der Waals surface area (Å²) in [6.07, 6.45) is 1.42. The first-order valence-electron chi connectivity index (χ1n) is 7.85. The standard InChI is InChI=1S/C17H19FN2O5S/c18-14-6-3-12(4-7-14)16(2-1-9-21)26(24,25)20-17(23)13-5-8-15(11-22)19-10-13/h3-8,10,16,21-22H,1-2,9,11H2,(H,20,23). The van der Waals surface area contributed by atoms with E-state index in [1.165, 1.54) is 24.3 Å². The van der Waals surface area contributed by atoms with Gasteiger partial charge in [0, 0.05) is 12.8 Å². The second-order valence-electron chi connectivity index (χ2n) is 5.58. The topological polar surface area (TPSA) is 117 Å². The van der Waals surface area contributed by atoms with Crippen LogP contribution in [-0.2, 0) is 16.6 Å². The van der Waals surface area contributed by atoms with Crippen molar-refractivity contribution in [3.05, 3.63) is 65.2 Å². The number of carbonyl (C=O) groups excluding carboxylic acids is 1. The average Bonchev–Trinajstić information content (AvgIpc) is 2.63. The lowest BCUT2D eigenvalue weighted by molar-refractivity contribution is 0.0980. The Bertz CT molecular complexity index is 838. The van der Waals surface area contributed by atoms with Crippen LogP contribution in [0.1, 0.15) is 39.7 Å². The Hall–Kier alpha value is -2.36. The maximum atomic E-state index is 13.1. The monoisotopic (exact) mass is 382 g/mol. The van der Waals surface area contributed by atoms with Crippen molar-refractivity contribution in [2.24, 2.45) is 0 Å². The number of nitrogens with one attached hydrogen (secondary N) is 1. The molecule has 140 valence electrons. The Morgan fingerprint density at radius 1 is 1.15 bits per heavy atom. The Labute approximate surface area is 150 Å². The van der Waals surface area contributed by atoms with Gasteiger partial charge in [-0.05, 0) is 42.7 Å². The molecule has 1 unspecified atom stereocenters. The Kier molecular flexibility index (Phi) is 6.78.